The Balaban J connectivity index is 1.46. The SMILES string of the molecule is C[C@@H](NC(=O)[C@H](Cc1ccc(O)cc1)NC(=O)OCc1ccccc1)C(=O)N[C@@H](Cc1ccc(F)cc1)C(=O)N[C@@H](Cc1ccccc1)C(N)=O. The minimum absolute atomic E-state index is 0.00753. The van der Waals surface area contributed by atoms with Gasteiger partial charge < -0.3 is 36.8 Å². The largest absolute Gasteiger partial charge is 0.508 e. The molecule has 0 unspecified atom stereocenters. The molecule has 4 rings (SSSR count). The maximum Gasteiger partial charge on any atom is 0.408 e. The lowest BCUT2D eigenvalue weighted by molar-refractivity contribution is -0.133. The van der Waals surface area contributed by atoms with Crippen molar-refractivity contribution in [1.82, 2.24) is 21.3 Å². The zero-order valence-electron chi connectivity index (χ0n) is 27.9. The number of amides is 5. The Hall–Kier alpha value is -6.24. The quantitative estimate of drug-likeness (QED) is 0.104. The number of carbonyl (C=O) groups excluding carboxylic acids is 5. The second kappa shape index (κ2) is 18.5. The minimum Gasteiger partial charge on any atom is -0.508 e. The zero-order valence-corrected chi connectivity index (χ0v) is 27.9. The van der Waals surface area contributed by atoms with E-state index in [0.29, 0.717) is 11.1 Å². The maximum atomic E-state index is 13.6. The highest BCUT2D eigenvalue weighted by atomic mass is 19.1. The number of nitrogens with one attached hydrogen (secondary N) is 4. The Kier molecular flexibility index (Phi) is 13.6. The molecule has 0 bridgehead atoms. The molecule has 51 heavy (non-hydrogen) atoms. The van der Waals surface area contributed by atoms with Crippen LogP contribution in [0.15, 0.2) is 109 Å². The maximum absolute atomic E-state index is 13.6. The van der Waals surface area contributed by atoms with E-state index in [1.807, 2.05) is 6.07 Å². The predicted molar refractivity (Wildman–Crippen MR) is 186 cm³/mol. The molecule has 7 N–H and O–H groups in total. The molecule has 4 aromatic carbocycles. The van der Waals surface area contributed by atoms with E-state index in [9.17, 15) is 33.5 Å². The Morgan fingerprint density at radius 2 is 1.06 bits per heavy atom. The number of aromatic hydroxyl groups is 1. The van der Waals surface area contributed by atoms with Gasteiger partial charge in [-0.1, -0.05) is 84.9 Å². The number of halogens is 1. The molecule has 0 aliphatic carbocycles. The van der Waals surface area contributed by atoms with E-state index in [1.54, 1.807) is 66.7 Å². The standard InChI is InChI=1S/C38H40FN5O7/c1-24(41-36(48)33(22-27-14-18-30(45)19-15-27)44-38(50)51-23-28-10-6-3-7-11-28)35(47)43-32(21-26-12-16-29(39)17-13-26)37(49)42-31(34(40)46)20-25-8-4-2-5-9-25/h2-19,24,31-33,45H,20-23H2,1H3,(H2,40,46)(H,41,48)(H,42,49)(H,43,47)(H,44,50)/t24-,31+,32+,33+/m1/s1. The molecular weight excluding hydrogens is 657 g/mol. The predicted octanol–water partition coefficient (Wildman–Crippen LogP) is 2.81. The summed E-state index contributed by atoms with van der Waals surface area (Å²) in [6, 6.07) is 24.5. The second-order valence-corrected chi connectivity index (χ2v) is 11.9. The second-order valence-electron chi connectivity index (χ2n) is 11.9. The van der Waals surface area contributed by atoms with Crippen molar-refractivity contribution in [2.45, 2.75) is 57.0 Å². The number of rotatable bonds is 16. The summed E-state index contributed by atoms with van der Waals surface area (Å²) in [7, 11) is 0. The number of nitrogens with two attached hydrogens (primary N) is 1. The van der Waals surface area contributed by atoms with Gasteiger partial charge in [0, 0.05) is 19.3 Å². The smallest absolute Gasteiger partial charge is 0.408 e. The monoisotopic (exact) mass is 697 g/mol. The Bertz CT molecular complexity index is 1770. The van der Waals surface area contributed by atoms with Crippen LogP contribution in [0.5, 0.6) is 5.75 Å². The van der Waals surface area contributed by atoms with Crippen LogP contribution in [0.2, 0.25) is 0 Å². The van der Waals surface area contributed by atoms with Crippen LogP contribution in [-0.2, 0) is 49.8 Å². The summed E-state index contributed by atoms with van der Waals surface area (Å²) < 4.78 is 18.9. The highest BCUT2D eigenvalue weighted by molar-refractivity contribution is 5.95. The molecule has 0 aromatic heterocycles. The van der Waals surface area contributed by atoms with Gasteiger partial charge in [-0.05, 0) is 53.4 Å². The molecule has 5 amide bonds. The fraction of sp³-hybridized carbons (Fsp3) is 0.237. The number of alkyl carbamates (subject to hydrolysis) is 1. The van der Waals surface area contributed by atoms with Crippen LogP contribution in [-0.4, -0.2) is 59.0 Å². The number of benzene rings is 4. The third-order valence-electron chi connectivity index (χ3n) is 7.88. The molecule has 12 nitrogen and oxygen atoms in total. The number of hydrogen-bond donors (Lipinski definition) is 6. The van der Waals surface area contributed by atoms with Gasteiger partial charge in [0.2, 0.25) is 23.6 Å². The van der Waals surface area contributed by atoms with E-state index >= 15 is 0 Å². The molecule has 0 saturated heterocycles. The van der Waals surface area contributed by atoms with E-state index in [0.717, 1.165) is 11.1 Å². The normalized spacial score (nSPS) is 13.1. The van der Waals surface area contributed by atoms with E-state index in [-0.39, 0.29) is 31.6 Å². The average Bonchev–Trinajstić information content (AvgIpc) is 3.12. The van der Waals surface area contributed by atoms with Gasteiger partial charge in [-0.3, -0.25) is 19.2 Å². The molecule has 0 aliphatic rings. The van der Waals surface area contributed by atoms with Gasteiger partial charge in [-0.2, -0.15) is 0 Å². The van der Waals surface area contributed by atoms with Gasteiger partial charge in [0.1, 0.15) is 42.3 Å². The summed E-state index contributed by atoms with van der Waals surface area (Å²) in [4.78, 5) is 65.5. The van der Waals surface area contributed by atoms with Crippen molar-refractivity contribution in [2.75, 3.05) is 0 Å². The summed E-state index contributed by atoms with van der Waals surface area (Å²) in [5, 5.41) is 20.0. The lowest BCUT2D eigenvalue weighted by Crippen LogP contribution is -2.58. The van der Waals surface area contributed by atoms with Gasteiger partial charge >= 0.3 is 6.09 Å². The molecule has 0 saturated carbocycles. The van der Waals surface area contributed by atoms with E-state index in [4.69, 9.17) is 10.5 Å². The molecule has 0 fully saturated rings. The van der Waals surface area contributed by atoms with Crippen LogP contribution in [0.1, 0.15) is 29.2 Å². The molecule has 4 aromatic rings. The van der Waals surface area contributed by atoms with Crippen molar-refractivity contribution < 1.29 is 38.2 Å². The van der Waals surface area contributed by atoms with Crippen LogP contribution >= 0.6 is 0 Å². The van der Waals surface area contributed by atoms with Gasteiger partial charge in [0.15, 0.2) is 0 Å². The first-order chi connectivity index (χ1) is 24.5. The van der Waals surface area contributed by atoms with Crippen molar-refractivity contribution in [3.05, 3.63) is 137 Å². The van der Waals surface area contributed by atoms with Crippen molar-refractivity contribution in [3.63, 3.8) is 0 Å². The van der Waals surface area contributed by atoms with E-state index < -0.39 is 59.7 Å². The number of phenolic OH excluding ortho intramolecular Hbond substituents is 1. The first kappa shape index (κ1) is 37.6. The van der Waals surface area contributed by atoms with Crippen molar-refractivity contribution in [2.24, 2.45) is 5.73 Å². The topological polar surface area (TPSA) is 189 Å². The van der Waals surface area contributed by atoms with E-state index in [1.165, 1.54) is 43.3 Å². The number of primary amides is 1. The minimum atomic E-state index is -1.25. The zero-order chi connectivity index (χ0) is 36.8. The lowest BCUT2D eigenvalue weighted by atomic mass is 10.0. The Morgan fingerprint density at radius 1 is 0.608 bits per heavy atom. The molecule has 0 heterocycles. The number of carbonyl (C=O) groups is 5. The summed E-state index contributed by atoms with van der Waals surface area (Å²) in [6.07, 6.45) is -0.847. The van der Waals surface area contributed by atoms with Crippen molar-refractivity contribution in [1.29, 1.82) is 0 Å². The molecular formula is C38H40FN5O7. The lowest BCUT2D eigenvalue weighted by Gasteiger charge is -2.25. The van der Waals surface area contributed by atoms with Gasteiger partial charge in [0.25, 0.3) is 0 Å². The number of hydrogen-bond acceptors (Lipinski definition) is 7. The first-order valence-electron chi connectivity index (χ1n) is 16.2. The fourth-order valence-electron chi connectivity index (χ4n) is 5.07. The molecule has 0 radical (unpaired) electrons. The van der Waals surface area contributed by atoms with Crippen LogP contribution in [0.4, 0.5) is 9.18 Å². The van der Waals surface area contributed by atoms with E-state index in [2.05, 4.69) is 21.3 Å². The van der Waals surface area contributed by atoms with Crippen molar-refractivity contribution >= 4 is 29.7 Å². The Labute approximate surface area is 294 Å². The third kappa shape index (κ3) is 12.3. The summed E-state index contributed by atoms with van der Waals surface area (Å²) in [5.74, 6) is -3.45. The van der Waals surface area contributed by atoms with Crippen molar-refractivity contribution in [3.8, 4) is 5.75 Å². The average molecular weight is 698 g/mol. The summed E-state index contributed by atoms with van der Waals surface area (Å²) in [5.41, 5.74) is 8.19. The van der Waals surface area contributed by atoms with Gasteiger partial charge in [0.05, 0.1) is 0 Å². The molecule has 0 spiro atoms. The number of phenols is 1. The summed E-state index contributed by atoms with van der Waals surface area (Å²) in [6.45, 7) is 1.35. The third-order valence-corrected chi connectivity index (χ3v) is 7.88. The van der Waals surface area contributed by atoms with Crippen LogP contribution in [0.25, 0.3) is 0 Å². The van der Waals surface area contributed by atoms with Crippen LogP contribution in [0.3, 0.4) is 0 Å². The van der Waals surface area contributed by atoms with Gasteiger partial charge in [-0.15, -0.1) is 0 Å². The fourth-order valence-corrected chi connectivity index (χ4v) is 5.07. The molecule has 13 heteroatoms. The Morgan fingerprint density at radius 3 is 1.63 bits per heavy atom. The summed E-state index contributed by atoms with van der Waals surface area (Å²) >= 11 is 0. The van der Waals surface area contributed by atoms with Crippen LogP contribution < -0.4 is 27.0 Å². The first-order valence-corrected chi connectivity index (χ1v) is 16.2. The van der Waals surface area contributed by atoms with Gasteiger partial charge in [-0.25, -0.2) is 9.18 Å². The van der Waals surface area contributed by atoms with Crippen LogP contribution in [0, 0.1) is 5.82 Å². The highest BCUT2D eigenvalue weighted by Gasteiger charge is 2.30. The number of ether oxygens (including phenoxy) is 1. The highest BCUT2D eigenvalue weighted by Crippen LogP contribution is 2.13. The molecule has 0 aliphatic heterocycles. The molecule has 4 atom stereocenters. The molecule has 266 valence electrons.